The summed E-state index contributed by atoms with van der Waals surface area (Å²) in [4.78, 5) is 26.1. The highest BCUT2D eigenvalue weighted by molar-refractivity contribution is 5.89. The third-order valence-electron chi connectivity index (χ3n) is 3.69. The molecule has 2 amide bonds. The molecule has 1 saturated carbocycles. The van der Waals surface area contributed by atoms with Gasteiger partial charge in [0.05, 0.1) is 0 Å². The standard InChI is InChI=1S/C13H23N3O2.ClH/c1-9(8-14-2)13(18)16-7-3-4-11(16)12(17)15-10-5-6-10;/h9-11,14H,3-8H2,1-2H3,(H,15,17);1H. The largest absolute Gasteiger partial charge is 0.352 e. The number of hydrogen-bond acceptors (Lipinski definition) is 3. The first kappa shape index (κ1) is 16.2. The number of carbonyl (C=O) groups is 2. The fourth-order valence-electron chi connectivity index (χ4n) is 2.50. The van der Waals surface area contributed by atoms with Crippen molar-refractivity contribution in [3.05, 3.63) is 0 Å². The lowest BCUT2D eigenvalue weighted by molar-refractivity contribution is -0.141. The Morgan fingerprint density at radius 1 is 1.32 bits per heavy atom. The first-order valence-corrected chi connectivity index (χ1v) is 6.89. The Morgan fingerprint density at radius 3 is 2.58 bits per heavy atom. The molecule has 2 atom stereocenters. The Morgan fingerprint density at radius 2 is 2.00 bits per heavy atom. The molecule has 2 N–H and O–H groups in total. The van der Waals surface area contributed by atoms with Crippen LogP contribution >= 0.6 is 12.4 Å². The summed E-state index contributed by atoms with van der Waals surface area (Å²) in [6.07, 6.45) is 3.91. The van der Waals surface area contributed by atoms with Crippen molar-refractivity contribution in [2.75, 3.05) is 20.1 Å². The summed E-state index contributed by atoms with van der Waals surface area (Å²) in [6.45, 7) is 3.29. The van der Waals surface area contributed by atoms with Gasteiger partial charge in [0.25, 0.3) is 0 Å². The van der Waals surface area contributed by atoms with Crippen LogP contribution in [0.4, 0.5) is 0 Å². The molecule has 0 aromatic rings. The molecule has 1 aliphatic heterocycles. The minimum absolute atomic E-state index is 0. The highest BCUT2D eigenvalue weighted by Gasteiger charge is 2.37. The molecule has 110 valence electrons. The maximum atomic E-state index is 12.3. The van der Waals surface area contributed by atoms with Crippen LogP contribution in [-0.4, -0.2) is 48.9 Å². The van der Waals surface area contributed by atoms with E-state index in [1.165, 1.54) is 0 Å². The zero-order valence-corrected chi connectivity index (χ0v) is 12.5. The van der Waals surface area contributed by atoms with Gasteiger partial charge in [0.1, 0.15) is 6.04 Å². The molecule has 0 bridgehead atoms. The number of amides is 2. The third-order valence-corrected chi connectivity index (χ3v) is 3.69. The van der Waals surface area contributed by atoms with Gasteiger partial charge in [-0.25, -0.2) is 0 Å². The van der Waals surface area contributed by atoms with E-state index in [0.717, 1.165) is 32.2 Å². The van der Waals surface area contributed by atoms with Crippen molar-refractivity contribution in [1.29, 1.82) is 0 Å². The van der Waals surface area contributed by atoms with Gasteiger partial charge in [0.15, 0.2) is 0 Å². The Hall–Kier alpha value is -0.810. The lowest BCUT2D eigenvalue weighted by Crippen LogP contribution is -2.49. The fraction of sp³-hybridized carbons (Fsp3) is 0.846. The van der Waals surface area contributed by atoms with Crippen molar-refractivity contribution in [3.63, 3.8) is 0 Å². The lowest BCUT2D eigenvalue weighted by Gasteiger charge is -2.26. The van der Waals surface area contributed by atoms with Gasteiger partial charge >= 0.3 is 0 Å². The molecule has 0 aromatic heterocycles. The predicted molar refractivity (Wildman–Crippen MR) is 76.2 cm³/mol. The van der Waals surface area contributed by atoms with E-state index >= 15 is 0 Å². The molecule has 5 nitrogen and oxygen atoms in total. The van der Waals surface area contributed by atoms with Gasteiger partial charge in [0, 0.05) is 25.0 Å². The van der Waals surface area contributed by atoms with Crippen LogP contribution in [0.1, 0.15) is 32.6 Å². The first-order chi connectivity index (χ1) is 8.63. The Labute approximate surface area is 120 Å². The second-order valence-corrected chi connectivity index (χ2v) is 5.43. The molecule has 1 heterocycles. The van der Waals surface area contributed by atoms with Crippen molar-refractivity contribution in [2.45, 2.75) is 44.7 Å². The average Bonchev–Trinajstić information content (AvgIpc) is 3.02. The number of likely N-dealkylation sites (tertiary alicyclic amines) is 1. The number of nitrogens with zero attached hydrogens (tertiary/aromatic N) is 1. The van der Waals surface area contributed by atoms with E-state index < -0.39 is 0 Å². The molecule has 0 aromatic carbocycles. The van der Waals surface area contributed by atoms with E-state index in [2.05, 4.69) is 10.6 Å². The van der Waals surface area contributed by atoms with Gasteiger partial charge in [-0.3, -0.25) is 9.59 Å². The van der Waals surface area contributed by atoms with Crippen LogP contribution in [-0.2, 0) is 9.59 Å². The van der Waals surface area contributed by atoms with Crippen LogP contribution in [0.5, 0.6) is 0 Å². The molecule has 1 saturated heterocycles. The van der Waals surface area contributed by atoms with Crippen molar-refractivity contribution < 1.29 is 9.59 Å². The number of hydrogen-bond donors (Lipinski definition) is 2. The van der Waals surface area contributed by atoms with Gasteiger partial charge in [-0.15, -0.1) is 12.4 Å². The van der Waals surface area contributed by atoms with Crippen LogP contribution < -0.4 is 10.6 Å². The summed E-state index contributed by atoms with van der Waals surface area (Å²) in [5.74, 6) is 0.0714. The predicted octanol–water partition coefficient (Wildman–Crippen LogP) is 0.533. The van der Waals surface area contributed by atoms with Crippen LogP contribution in [0.3, 0.4) is 0 Å². The van der Waals surface area contributed by atoms with E-state index in [-0.39, 0.29) is 36.2 Å². The summed E-state index contributed by atoms with van der Waals surface area (Å²) >= 11 is 0. The average molecular weight is 290 g/mol. The molecule has 2 aliphatic rings. The van der Waals surface area contributed by atoms with Crippen LogP contribution in [0.2, 0.25) is 0 Å². The number of rotatable bonds is 5. The van der Waals surface area contributed by atoms with Gasteiger partial charge in [-0.1, -0.05) is 6.92 Å². The first-order valence-electron chi connectivity index (χ1n) is 6.89. The topological polar surface area (TPSA) is 61.4 Å². The van der Waals surface area contributed by atoms with Crippen molar-refractivity contribution in [2.24, 2.45) is 5.92 Å². The Balaban J connectivity index is 0.00000180. The molecule has 0 spiro atoms. The van der Waals surface area contributed by atoms with Gasteiger partial charge in [0.2, 0.25) is 11.8 Å². The molecule has 2 fully saturated rings. The molecule has 2 unspecified atom stereocenters. The number of halogens is 1. The second-order valence-electron chi connectivity index (χ2n) is 5.43. The maximum Gasteiger partial charge on any atom is 0.243 e. The SMILES string of the molecule is CNCC(C)C(=O)N1CCCC1C(=O)NC1CC1.Cl. The monoisotopic (exact) mass is 289 g/mol. The summed E-state index contributed by atoms with van der Waals surface area (Å²) in [7, 11) is 1.84. The normalized spacial score (nSPS) is 23.7. The highest BCUT2D eigenvalue weighted by Crippen LogP contribution is 2.23. The summed E-state index contributed by atoms with van der Waals surface area (Å²) in [5.41, 5.74) is 0. The number of carbonyl (C=O) groups excluding carboxylic acids is 2. The molecule has 6 heteroatoms. The van der Waals surface area contributed by atoms with Crippen LogP contribution in [0.15, 0.2) is 0 Å². The molecule has 2 rings (SSSR count). The number of nitrogens with one attached hydrogen (secondary N) is 2. The zero-order valence-electron chi connectivity index (χ0n) is 11.6. The molecule has 1 aliphatic carbocycles. The second kappa shape index (κ2) is 7.10. The minimum Gasteiger partial charge on any atom is -0.352 e. The van der Waals surface area contributed by atoms with Crippen molar-refractivity contribution in [1.82, 2.24) is 15.5 Å². The van der Waals surface area contributed by atoms with Gasteiger partial charge in [-0.05, 0) is 32.7 Å². The quantitative estimate of drug-likeness (QED) is 0.776. The van der Waals surface area contributed by atoms with E-state index in [9.17, 15) is 9.59 Å². The van der Waals surface area contributed by atoms with Gasteiger partial charge < -0.3 is 15.5 Å². The highest BCUT2D eigenvalue weighted by atomic mass is 35.5. The van der Waals surface area contributed by atoms with E-state index in [1.807, 2.05) is 14.0 Å². The Bertz CT molecular complexity index is 334. The van der Waals surface area contributed by atoms with Crippen LogP contribution in [0, 0.1) is 5.92 Å². The van der Waals surface area contributed by atoms with Crippen LogP contribution in [0.25, 0.3) is 0 Å². The third kappa shape index (κ3) is 4.08. The fourth-order valence-corrected chi connectivity index (χ4v) is 2.50. The summed E-state index contributed by atoms with van der Waals surface area (Å²) in [5, 5.41) is 6.01. The Kier molecular flexibility index (Phi) is 6.07. The molecule has 19 heavy (non-hydrogen) atoms. The lowest BCUT2D eigenvalue weighted by atomic mass is 10.1. The van der Waals surface area contributed by atoms with Gasteiger partial charge in [-0.2, -0.15) is 0 Å². The molecular formula is C13H24ClN3O2. The maximum absolute atomic E-state index is 12.3. The molecular weight excluding hydrogens is 266 g/mol. The summed E-state index contributed by atoms with van der Waals surface area (Å²) in [6, 6.07) is 0.127. The van der Waals surface area contributed by atoms with Crippen molar-refractivity contribution >= 4 is 24.2 Å². The minimum atomic E-state index is -0.239. The van der Waals surface area contributed by atoms with E-state index in [1.54, 1.807) is 4.90 Å². The summed E-state index contributed by atoms with van der Waals surface area (Å²) < 4.78 is 0. The smallest absolute Gasteiger partial charge is 0.243 e. The van der Waals surface area contributed by atoms with E-state index in [0.29, 0.717) is 12.6 Å². The van der Waals surface area contributed by atoms with E-state index in [4.69, 9.17) is 0 Å². The zero-order chi connectivity index (χ0) is 13.1. The molecule has 0 radical (unpaired) electrons. The van der Waals surface area contributed by atoms with Crippen molar-refractivity contribution in [3.8, 4) is 0 Å².